The Morgan fingerprint density at radius 1 is 1.24 bits per heavy atom. The van der Waals surface area contributed by atoms with Gasteiger partial charge in [0.1, 0.15) is 18.8 Å². The van der Waals surface area contributed by atoms with Gasteiger partial charge in [-0.2, -0.15) is 0 Å². The molecule has 0 fully saturated rings. The lowest BCUT2D eigenvalue weighted by Crippen LogP contribution is -2.41. The van der Waals surface area contributed by atoms with E-state index in [9.17, 15) is 9.59 Å². The largest absolute Gasteiger partial charge is 0.463 e. The Kier molecular flexibility index (Phi) is 5.11. The highest BCUT2D eigenvalue weighted by Gasteiger charge is 2.30. The van der Waals surface area contributed by atoms with E-state index in [1.807, 2.05) is 0 Å². The first kappa shape index (κ1) is 13.7. The molecule has 6 heteroatoms. The molecule has 0 aromatic carbocycles. The number of hydrogen-bond acceptors (Lipinski definition) is 6. The number of rotatable bonds is 4. The van der Waals surface area contributed by atoms with Gasteiger partial charge in [0.2, 0.25) is 0 Å². The SMILES string of the molecule is COC1C=C[C@@H](OC(C)=O)[C@@H](COC(C)=O)O1. The average Bonchev–Trinajstić information content (AvgIpc) is 2.27. The lowest BCUT2D eigenvalue weighted by molar-refractivity contribution is -0.190. The minimum atomic E-state index is -0.571. The van der Waals surface area contributed by atoms with Gasteiger partial charge in [0, 0.05) is 21.0 Å². The summed E-state index contributed by atoms with van der Waals surface area (Å²) < 4.78 is 20.3. The van der Waals surface area contributed by atoms with Crippen LogP contribution in [0.15, 0.2) is 12.2 Å². The van der Waals surface area contributed by atoms with Crippen molar-refractivity contribution >= 4 is 11.9 Å². The highest BCUT2D eigenvalue weighted by molar-refractivity contribution is 5.66. The van der Waals surface area contributed by atoms with Crippen molar-refractivity contribution in [1.29, 1.82) is 0 Å². The number of methoxy groups -OCH3 is 1. The highest BCUT2D eigenvalue weighted by atomic mass is 16.7. The third-order valence-electron chi connectivity index (χ3n) is 2.12. The maximum absolute atomic E-state index is 10.9. The van der Waals surface area contributed by atoms with Gasteiger partial charge in [-0.1, -0.05) is 0 Å². The van der Waals surface area contributed by atoms with Crippen LogP contribution in [0.3, 0.4) is 0 Å². The van der Waals surface area contributed by atoms with Crippen LogP contribution in [0.2, 0.25) is 0 Å². The predicted octanol–water partition coefficient (Wildman–Crippen LogP) is 0.409. The second kappa shape index (κ2) is 6.36. The Labute approximate surface area is 99.5 Å². The zero-order valence-corrected chi connectivity index (χ0v) is 10.0. The van der Waals surface area contributed by atoms with E-state index in [4.69, 9.17) is 18.9 Å². The molecule has 1 heterocycles. The number of carbonyl (C=O) groups is 2. The molecule has 0 spiro atoms. The molecule has 1 aliphatic heterocycles. The number of esters is 2. The van der Waals surface area contributed by atoms with Crippen molar-refractivity contribution in [3.8, 4) is 0 Å². The van der Waals surface area contributed by atoms with Crippen LogP contribution in [0.1, 0.15) is 13.8 Å². The molecule has 0 aromatic rings. The third kappa shape index (κ3) is 4.54. The molecule has 0 aromatic heterocycles. The van der Waals surface area contributed by atoms with Crippen LogP contribution < -0.4 is 0 Å². The zero-order chi connectivity index (χ0) is 12.8. The summed E-state index contributed by atoms with van der Waals surface area (Å²) in [5, 5.41) is 0. The van der Waals surface area contributed by atoms with Gasteiger partial charge in [-0.3, -0.25) is 9.59 Å². The Morgan fingerprint density at radius 3 is 2.47 bits per heavy atom. The lowest BCUT2D eigenvalue weighted by Gasteiger charge is -2.30. The second-order valence-corrected chi connectivity index (χ2v) is 3.54. The van der Waals surface area contributed by atoms with Crippen molar-refractivity contribution in [1.82, 2.24) is 0 Å². The van der Waals surface area contributed by atoms with E-state index in [1.54, 1.807) is 12.2 Å². The fourth-order valence-corrected chi connectivity index (χ4v) is 1.39. The van der Waals surface area contributed by atoms with Crippen LogP contribution in [-0.2, 0) is 28.5 Å². The first-order valence-corrected chi connectivity index (χ1v) is 5.20. The minimum Gasteiger partial charge on any atom is -0.463 e. The average molecular weight is 244 g/mol. The zero-order valence-electron chi connectivity index (χ0n) is 10.0. The smallest absolute Gasteiger partial charge is 0.303 e. The van der Waals surface area contributed by atoms with Gasteiger partial charge in [0.25, 0.3) is 0 Å². The highest BCUT2D eigenvalue weighted by Crippen LogP contribution is 2.17. The van der Waals surface area contributed by atoms with E-state index in [2.05, 4.69) is 0 Å². The van der Waals surface area contributed by atoms with Crippen molar-refractivity contribution in [3.63, 3.8) is 0 Å². The van der Waals surface area contributed by atoms with Crippen molar-refractivity contribution < 1.29 is 28.5 Å². The van der Waals surface area contributed by atoms with Crippen LogP contribution in [-0.4, -0.2) is 44.2 Å². The minimum absolute atomic E-state index is 0.0114. The van der Waals surface area contributed by atoms with Crippen molar-refractivity contribution in [2.24, 2.45) is 0 Å². The van der Waals surface area contributed by atoms with Gasteiger partial charge in [0.15, 0.2) is 6.29 Å². The molecule has 1 rings (SSSR count). The fourth-order valence-electron chi connectivity index (χ4n) is 1.39. The molecule has 1 aliphatic rings. The van der Waals surface area contributed by atoms with E-state index in [1.165, 1.54) is 21.0 Å². The number of hydrogen-bond donors (Lipinski definition) is 0. The summed E-state index contributed by atoms with van der Waals surface area (Å²) in [6.07, 6.45) is 1.64. The fraction of sp³-hybridized carbons (Fsp3) is 0.636. The van der Waals surface area contributed by atoms with E-state index < -0.39 is 30.4 Å². The summed E-state index contributed by atoms with van der Waals surface area (Å²) in [4.78, 5) is 21.6. The Bertz CT molecular complexity index is 311. The predicted molar refractivity (Wildman–Crippen MR) is 57.0 cm³/mol. The van der Waals surface area contributed by atoms with Gasteiger partial charge in [0.05, 0.1) is 0 Å². The molecule has 17 heavy (non-hydrogen) atoms. The first-order valence-electron chi connectivity index (χ1n) is 5.20. The molecule has 0 radical (unpaired) electrons. The summed E-state index contributed by atoms with van der Waals surface area (Å²) in [6, 6.07) is 0. The number of carbonyl (C=O) groups excluding carboxylic acids is 2. The Balaban J connectivity index is 2.62. The monoisotopic (exact) mass is 244 g/mol. The molecule has 1 unspecified atom stereocenters. The van der Waals surface area contributed by atoms with Gasteiger partial charge in [-0.25, -0.2) is 0 Å². The maximum atomic E-state index is 10.9. The molecular weight excluding hydrogens is 228 g/mol. The summed E-state index contributed by atoms with van der Waals surface area (Å²) in [6.45, 7) is 2.62. The standard InChI is InChI=1S/C11H16O6/c1-7(12)15-6-10-9(16-8(2)13)4-5-11(14-3)17-10/h4-5,9-11H,6H2,1-3H3/t9-,10-,11?/m1/s1. The van der Waals surface area contributed by atoms with Gasteiger partial charge < -0.3 is 18.9 Å². The molecule has 0 saturated carbocycles. The van der Waals surface area contributed by atoms with E-state index in [0.29, 0.717) is 0 Å². The molecule has 3 atom stereocenters. The summed E-state index contributed by atoms with van der Waals surface area (Å²) in [5.41, 5.74) is 0. The van der Waals surface area contributed by atoms with Crippen molar-refractivity contribution in [2.75, 3.05) is 13.7 Å². The van der Waals surface area contributed by atoms with Crippen LogP contribution in [0.25, 0.3) is 0 Å². The summed E-state index contributed by atoms with van der Waals surface area (Å²) in [7, 11) is 1.49. The van der Waals surface area contributed by atoms with Crippen molar-refractivity contribution in [3.05, 3.63) is 12.2 Å². The molecule has 0 amide bonds. The van der Waals surface area contributed by atoms with Crippen LogP contribution in [0.5, 0.6) is 0 Å². The topological polar surface area (TPSA) is 71.1 Å². The van der Waals surface area contributed by atoms with Gasteiger partial charge in [-0.05, 0) is 12.2 Å². The molecule has 0 bridgehead atoms. The van der Waals surface area contributed by atoms with Gasteiger partial charge in [-0.15, -0.1) is 0 Å². The Hall–Kier alpha value is -1.40. The van der Waals surface area contributed by atoms with Gasteiger partial charge >= 0.3 is 11.9 Å². The van der Waals surface area contributed by atoms with E-state index in [0.717, 1.165) is 0 Å². The van der Waals surface area contributed by atoms with Crippen molar-refractivity contribution in [2.45, 2.75) is 32.3 Å². The molecule has 6 nitrogen and oxygen atoms in total. The lowest BCUT2D eigenvalue weighted by atomic mass is 10.1. The molecule has 0 saturated heterocycles. The molecule has 96 valence electrons. The van der Waals surface area contributed by atoms with E-state index >= 15 is 0 Å². The Morgan fingerprint density at radius 2 is 1.94 bits per heavy atom. The second-order valence-electron chi connectivity index (χ2n) is 3.54. The van der Waals surface area contributed by atoms with Crippen LogP contribution in [0.4, 0.5) is 0 Å². The normalized spacial score (nSPS) is 27.6. The van der Waals surface area contributed by atoms with Crippen LogP contribution in [0, 0.1) is 0 Å². The maximum Gasteiger partial charge on any atom is 0.303 e. The summed E-state index contributed by atoms with van der Waals surface area (Å²) in [5.74, 6) is -0.842. The van der Waals surface area contributed by atoms with E-state index in [-0.39, 0.29) is 6.61 Å². The summed E-state index contributed by atoms with van der Waals surface area (Å²) >= 11 is 0. The molecule has 0 aliphatic carbocycles. The number of ether oxygens (including phenoxy) is 4. The quantitative estimate of drug-likeness (QED) is 0.527. The van der Waals surface area contributed by atoms with Crippen LogP contribution >= 0.6 is 0 Å². The molecular formula is C11H16O6. The third-order valence-corrected chi connectivity index (χ3v) is 2.12. The first-order chi connectivity index (χ1) is 8.02. The molecule has 0 N–H and O–H groups in total.